The third-order valence-corrected chi connectivity index (χ3v) is 5.67. The average Bonchev–Trinajstić information content (AvgIpc) is 3.24. The van der Waals surface area contributed by atoms with E-state index in [2.05, 4.69) is 15.4 Å². The van der Waals surface area contributed by atoms with Crippen molar-refractivity contribution in [1.82, 2.24) is 24.5 Å². The fourth-order valence-electron chi connectivity index (χ4n) is 3.07. The highest BCUT2D eigenvalue weighted by molar-refractivity contribution is 7.18. The van der Waals surface area contributed by atoms with Gasteiger partial charge in [-0.2, -0.15) is 0 Å². The van der Waals surface area contributed by atoms with Gasteiger partial charge in [0, 0.05) is 4.88 Å². The number of rotatable bonds is 4. The summed E-state index contributed by atoms with van der Waals surface area (Å²) in [6.07, 6.45) is 0. The van der Waals surface area contributed by atoms with Gasteiger partial charge in [-0.15, -0.1) is 16.4 Å². The van der Waals surface area contributed by atoms with Crippen LogP contribution < -0.4 is 11.0 Å². The fourth-order valence-corrected chi connectivity index (χ4v) is 4.14. The van der Waals surface area contributed by atoms with Gasteiger partial charge in [0.1, 0.15) is 28.7 Å². The highest BCUT2D eigenvalue weighted by atomic mass is 32.1. The van der Waals surface area contributed by atoms with E-state index in [-0.39, 0.29) is 24.7 Å². The molecule has 0 bridgehead atoms. The van der Waals surface area contributed by atoms with Crippen molar-refractivity contribution in [2.75, 3.05) is 0 Å². The monoisotopic (exact) mass is 385 g/mol. The lowest BCUT2D eigenvalue weighted by Gasteiger charge is -2.02. The maximum Gasteiger partial charge on any atom is 0.352 e. The Morgan fingerprint density at radius 2 is 2.04 bits per heavy atom. The maximum absolute atomic E-state index is 12.8. The average molecular weight is 385 g/mol. The van der Waals surface area contributed by atoms with E-state index in [0.29, 0.717) is 17.2 Å². The number of carbonyl (C=O) groups is 1. The zero-order valence-corrected chi connectivity index (χ0v) is 16.3. The van der Waals surface area contributed by atoms with Crippen LogP contribution >= 0.6 is 11.3 Å². The van der Waals surface area contributed by atoms with Gasteiger partial charge >= 0.3 is 5.69 Å². The second-order valence-corrected chi connectivity index (χ2v) is 7.71. The Morgan fingerprint density at radius 3 is 2.74 bits per heavy atom. The highest BCUT2D eigenvalue weighted by Gasteiger charge is 2.19. The Balaban J connectivity index is 1.67. The number of fused-ring (bicyclic) bond motifs is 3. The first-order valence-electron chi connectivity index (χ1n) is 8.53. The molecule has 140 valence electrons. The topological polar surface area (TPSA) is 94.4 Å². The Hall–Kier alpha value is -2.94. The van der Waals surface area contributed by atoms with Crippen molar-refractivity contribution in [3.05, 3.63) is 50.4 Å². The van der Waals surface area contributed by atoms with Crippen LogP contribution in [0.5, 0.6) is 0 Å². The second-order valence-electron chi connectivity index (χ2n) is 6.51. The van der Waals surface area contributed by atoms with Gasteiger partial charge in [0.05, 0.1) is 11.9 Å². The smallest absolute Gasteiger partial charge is 0.352 e. The number of amides is 1. The molecule has 1 N–H and O–H groups in total. The summed E-state index contributed by atoms with van der Waals surface area (Å²) >= 11 is 1.58. The lowest BCUT2D eigenvalue weighted by atomic mass is 10.2. The molecule has 0 aliphatic heterocycles. The van der Waals surface area contributed by atoms with Gasteiger partial charge < -0.3 is 9.73 Å². The van der Waals surface area contributed by atoms with Gasteiger partial charge in [-0.05, 0) is 45.4 Å². The Morgan fingerprint density at radius 1 is 1.26 bits per heavy atom. The second kappa shape index (κ2) is 6.34. The molecule has 0 radical (unpaired) electrons. The number of carbonyl (C=O) groups excluding carboxylic acids is 1. The molecule has 0 fully saturated rings. The molecular weight excluding hydrogens is 366 g/mol. The highest BCUT2D eigenvalue weighted by Crippen LogP contribution is 2.31. The third kappa shape index (κ3) is 2.93. The summed E-state index contributed by atoms with van der Waals surface area (Å²) in [5.41, 5.74) is 1.23. The van der Waals surface area contributed by atoms with Crippen molar-refractivity contribution in [1.29, 1.82) is 0 Å². The molecule has 4 rings (SSSR count). The number of hydrogen-bond donors (Lipinski definition) is 1. The minimum absolute atomic E-state index is 0.163. The molecule has 1 amide bonds. The summed E-state index contributed by atoms with van der Waals surface area (Å²) in [5, 5.41) is 8.03. The zero-order chi connectivity index (χ0) is 19.3. The van der Waals surface area contributed by atoms with E-state index in [1.165, 1.54) is 9.08 Å². The van der Waals surface area contributed by atoms with E-state index in [1.54, 1.807) is 24.3 Å². The SMILES string of the molecule is Cc1ccc(CNC(=O)Cn2nc3c4c(C)c(C)sc4nc(C)n3c2=O)o1. The molecule has 8 nitrogen and oxygen atoms in total. The summed E-state index contributed by atoms with van der Waals surface area (Å²) in [4.78, 5) is 31.5. The molecule has 0 spiro atoms. The quantitative estimate of drug-likeness (QED) is 0.581. The summed E-state index contributed by atoms with van der Waals surface area (Å²) in [6, 6.07) is 3.64. The first kappa shape index (κ1) is 17.5. The van der Waals surface area contributed by atoms with E-state index >= 15 is 0 Å². The van der Waals surface area contributed by atoms with Crippen molar-refractivity contribution in [3.63, 3.8) is 0 Å². The molecule has 0 aromatic carbocycles. The van der Waals surface area contributed by atoms with Crippen LogP contribution in [-0.2, 0) is 17.9 Å². The number of aromatic nitrogens is 4. The van der Waals surface area contributed by atoms with Crippen LogP contribution in [0.15, 0.2) is 21.3 Å². The summed E-state index contributed by atoms with van der Waals surface area (Å²) < 4.78 is 8.07. The maximum atomic E-state index is 12.8. The first-order valence-corrected chi connectivity index (χ1v) is 9.34. The van der Waals surface area contributed by atoms with E-state index in [1.807, 2.05) is 26.8 Å². The molecule has 0 saturated carbocycles. The van der Waals surface area contributed by atoms with Gasteiger partial charge in [0.15, 0.2) is 5.65 Å². The molecule has 0 aliphatic rings. The summed E-state index contributed by atoms with van der Waals surface area (Å²) in [5.74, 6) is 1.69. The van der Waals surface area contributed by atoms with Crippen LogP contribution in [0.1, 0.15) is 27.8 Å². The van der Waals surface area contributed by atoms with Crippen LogP contribution in [0.4, 0.5) is 0 Å². The largest absolute Gasteiger partial charge is 0.465 e. The van der Waals surface area contributed by atoms with E-state index < -0.39 is 0 Å². The Bertz CT molecular complexity index is 1240. The minimum atomic E-state index is -0.371. The molecule has 4 aromatic heterocycles. The van der Waals surface area contributed by atoms with Crippen LogP contribution in [0.2, 0.25) is 0 Å². The number of thiophene rings is 1. The fraction of sp³-hybridized carbons (Fsp3) is 0.333. The van der Waals surface area contributed by atoms with Crippen LogP contribution in [0, 0.1) is 27.7 Å². The van der Waals surface area contributed by atoms with E-state index in [0.717, 1.165) is 26.4 Å². The van der Waals surface area contributed by atoms with Gasteiger partial charge in [-0.25, -0.2) is 18.9 Å². The molecule has 9 heteroatoms. The third-order valence-electron chi connectivity index (χ3n) is 4.57. The van der Waals surface area contributed by atoms with Gasteiger partial charge in [0.2, 0.25) is 5.91 Å². The van der Waals surface area contributed by atoms with E-state index in [4.69, 9.17) is 4.42 Å². The molecule has 4 aromatic rings. The molecule has 0 aliphatic carbocycles. The van der Waals surface area contributed by atoms with Crippen LogP contribution in [0.25, 0.3) is 15.9 Å². The summed E-state index contributed by atoms with van der Waals surface area (Å²) in [7, 11) is 0. The van der Waals surface area contributed by atoms with Gasteiger partial charge in [-0.1, -0.05) is 0 Å². The zero-order valence-electron chi connectivity index (χ0n) is 15.5. The molecule has 0 saturated heterocycles. The van der Waals surface area contributed by atoms with Crippen molar-refractivity contribution >= 4 is 33.1 Å². The number of furan rings is 1. The first-order chi connectivity index (χ1) is 12.8. The molecule has 0 unspecified atom stereocenters. The number of aryl methyl sites for hydroxylation is 4. The summed E-state index contributed by atoms with van der Waals surface area (Å²) in [6.45, 7) is 7.72. The van der Waals surface area contributed by atoms with E-state index in [9.17, 15) is 9.59 Å². The lowest BCUT2D eigenvalue weighted by Crippen LogP contribution is -2.32. The number of hydrogen-bond acceptors (Lipinski definition) is 6. The lowest BCUT2D eigenvalue weighted by molar-refractivity contribution is -0.122. The van der Waals surface area contributed by atoms with Crippen LogP contribution in [0.3, 0.4) is 0 Å². The molecule has 27 heavy (non-hydrogen) atoms. The van der Waals surface area contributed by atoms with Gasteiger partial charge in [-0.3, -0.25) is 4.79 Å². The van der Waals surface area contributed by atoms with Crippen molar-refractivity contribution in [3.8, 4) is 0 Å². The van der Waals surface area contributed by atoms with Gasteiger partial charge in [0.25, 0.3) is 0 Å². The van der Waals surface area contributed by atoms with Crippen molar-refractivity contribution in [2.45, 2.75) is 40.8 Å². The predicted molar refractivity (Wildman–Crippen MR) is 102 cm³/mol. The predicted octanol–water partition coefficient (Wildman–Crippen LogP) is 2.25. The van der Waals surface area contributed by atoms with Crippen molar-refractivity contribution in [2.24, 2.45) is 0 Å². The Labute approximate surface area is 158 Å². The molecule has 4 heterocycles. The number of nitrogens with zero attached hydrogens (tertiary/aromatic N) is 4. The molecular formula is C18H19N5O3S. The molecule has 0 atom stereocenters. The Kier molecular flexibility index (Phi) is 4.11. The van der Waals surface area contributed by atoms with Crippen LogP contribution in [-0.4, -0.2) is 25.1 Å². The normalized spacial score (nSPS) is 11.6. The standard InChI is InChI=1S/C18H19N5O3S/c1-9-5-6-13(26-9)7-19-14(24)8-22-18(25)23-12(4)20-17-15(16(23)21-22)10(2)11(3)27-17/h5-6H,7-8H2,1-4H3,(H,19,24). The number of nitrogens with one attached hydrogen (secondary N) is 1. The minimum Gasteiger partial charge on any atom is -0.465 e. The van der Waals surface area contributed by atoms with Crippen molar-refractivity contribution < 1.29 is 9.21 Å².